The van der Waals surface area contributed by atoms with Gasteiger partial charge in [-0.05, 0) is 43.5 Å². The lowest BCUT2D eigenvalue weighted by Gasteiger charge is -2.23. The molecule has 0 saturated heterocycles. The van der Waals surface area contributed by atoms with Crippen LogP contribution in [0, 0.1) is 13.8 Å². The Kier molecular flexibility index (Phi) is 7.02. The third-order valence-electron chi connectivity index (χ3n) is 3.17. The van der Waals surface area contributed by atoms with E-state index >= 15 is 0 Å². The molecule has 1 aromatic carbocycles. The molecule has 1 aromatic rings. The van der Waals surface area contributed by atoms with Crippen LogP contribution in [-0.4, -0.2) is 35.7 Å². The lowest BCUT2D eigenvalue weighted by molar-refractivity contribution is 0.187. The van der Waals surface area contributed by atoms with E-state index in [2.05, 4.69) is 28.2 Å². The van der Waals surface area contributed by atoms with E-state index < -0.39 is 0 Å². The van der Waals surface area contributed by atoms with Crippen molar-refractivity contribution in [3.63, 3.8) is 0 Å². The van der Waals surface area contributed by atoms with E-state index in [4.69, 9.17) is 5.11 Å². The van der Waals surface area contributed by atoms with Crippen molar-refractivity contribution in [1.29, 1.82) is 0 Å². The first-order valence-electron chi connectivity index (χ1n) is 6.93. The van der Waals surface area contributed by atoms with Gasteiger partial charge >= 0.3 is 6.03 Å². The Labute approximate surface area is 129 Å². The number of unbranched alkanes of at least 4 members (excludes halogenated alkanes) is 1. The first-order chi connectivity index (χ1) is 9.49. The second kappa shape index (κ2) is 8.27. The molecule has 0 spiro atoms. The number of anilines is 1. The Morgan fingerprint density at radius 2 is 1.90 bits per heavy atom. The van der Waals surface area contributed by atoms with E-state index in [-0.39, 0.29) is 12.6 Å². The van der Waals surface area contributed by atoms with Gasteiger partial charge in [-0.15, -0.1) is 0 Å². The lowest BCUT2D eigenvalue weighted by Crippen LogP contribution is -2.38. The summed E-state index contributed by atoms with van der Waals surface area (Å²) in [4.78, 5) is 13.9. The fourth-order valence-corrected chi connectivity index (χ4v) is 2.77. The summed E-state index contributed by atoms with van der Waals surface area (Å²) in [6.45, 7) is 7.02. The zero-order valence-corrected chi connectivity index (χ0v) is 14.0. The van der Waals surface area contributed by atoms with Gasteiger partial charge in [-0.2, -0.15) is 0 Å². The van der Waals surface area contributed by atoms with E-state index in [0.29, 0.717) is 13.1 Å². The van der Waals surface area contributed by atoms with Crippen molar-refractivity contribution in [2.24, 2.45) is 0 Å². The molecule has 0 fully saturated rings. The number of carbonyl (C=O) groups is 1. The maximum Gasteiger partial charge on any atom is 0.321 e. The van der Waals surface area contributed by atoms with Gasteiger partial charge in [0.15, 0.2) is 0 Å². The van der Waals surface area contributed by atoms with Gasteiger partial charge in [0, 0.05) is 23.2 Å². The summed E-state index contributed by atoms with van der Waals surface area (Å²) in [5.41, 5.74) is 2.88. The number of halogens is 1. The van der Waals surface area contributed by atoms with Crippen molar-refractivity contribution in [1.82, 2.24) is 4.90 Å². The molecule has 2 amide bonds. The van der Waals surface area contributed by atoms with Crippen molar-refractivity contribution in [2.45, 2.75) is 33.6 Å². The number of nitrogens with zero attached hydrogens (tertiary/aromatic N) is 1. The SMILES string of the molecule is CCCCN(CCO)C(=O)Nc1c(C)cc(Br)cc1C. The number of rotatable bonds is 6. The Balaban J connectivity index is 2.82. The number of urea groups is 1. The molecule has 0 aliphatic carbocycles. The summed E-state index contributed by atoms with van der Waals surface area (Å²) in [5.74, 6) is 0. The molecule has 2 N–H and O–H groups in total. The van der Waals surface area contributed by atoms with Gasteiger partial charge in [-0.1, -0.05) is 29.3 Å². The van der Waals surface area contributed by atoms with Gasteiger partial charge < -0.3 is 15.3 Å². The zero-order chi connectivity index (χ0) is 15.1. The Hall–Kier alpha value is -1.07. The van der Waals surface area contributed by atoms with Gasteiger partial charge in [0.2, 0.25) is 0 Å². The fourth-order valence-electron chi connectivity index (χ4n) is 2.08. The van der Waals surface area contributed by atoms with Crippen LogP contribution in [0.5, 0.6) is 0 Å². The molecular weight excluding hydrogens is 320 g/mol. The van der Waals surface area contributed by atoms with Crippen molar-refractivity contribution in [2.75, 3.05) is 25.0 Å². The first-order valence-corrected chi connectivity index (χ1v) is 7.72. The quantitative estimate of drug-likeness (QED) is 0.828. The van der Waals surface area contributed by atoms with Gasteiger partial charge in [0.05, 0.1) is 6.61 Å². The summed E-state index contributed by atoms with van der Waals surface area (Å²) < 4.78 is 1.00. The van der Waals surface area contributed by atoms with Crippen molar-refractivity contribution in [3.05, 3.63) is 27.7 Å². The summed E-state index contributed by atoms with van der Waals surface area (Å²) in [6, 6.07) is 3.80. The van der Waals surface area contributed by atoms with Crippen LogP contribution in [0.25, 0.3) is 0 Å². The Morgan fingerprint density at radius 3 is 2.40 bits per heavy atom. The highest BCUT2D eigenvalue weighted by molar-refractivity contribution is 9.10. The molecule has 0 bridgehead atoms. The van der Waals surface area contributed by atoms with Crippen molar-refractivity contribution < 1.29 is 9.90 Å². The van der Waals surface area contributed by atoms with E-state index in [1.54, 1.807) is 4.90 Å². The molecule has 4 nitrogen and oxygen atoms in total. The van der Waals surface area contributed by atoms with E-state index in [9.17, 15) is 4.79 Å². The van der Waals surface area contributed by atoms with Gasteiger partial charge in [0.25, 0.3) is 0 Å². The van der Waals surface area contributed by atoms with Crippen LogP contribution in [0.2, 0.25) is 0 Å². The largest absolute Gasteiger partial charge is 0.395 e. The van der Waals surface area contributed by atoms with E-state index in [1.165, 1.54) is 0 Å². The van der Waals surface area contributed by atoms with E-state index in [0.717, 1.165) is 34.1 Å². The van der Waals surface area contributed by atoms with Gasteiger partial charge in [0.1, 0.15) is 0 Å². The highest BCUT2D eigenvalue weighted by Crippen LogP contribution is 2.25. The number of aliphatic hydroxyl groups is 1. The predicted octanol–water partition coefficient (Wildman–Crippen LogP) is 3.69. The van der Waals surface area contributed by atoms with E-state index in [1.807, 2.05) is 26.0 Å². The summed E-state index contributed by atoms with van der Waals surface area (Å²) in [7, 11) is 0. The van der Waals surface area contributed by atoms with Crippen LogP contribution >= 0.6 is 15.9 Å². The third kappa shape index (κ3) is 4.80. The van der Waals surface area contributed by atoms with Crippen molar-refractivity contribution in [3.8, 4) is 0 Å². The zero-order valence-electron chi connectivity index (χ0n) is 12.4. The van der Waals surface area contributed by atoms with Crippen LogP contribution in [0.1, 0.15) is 30.9 Å². The normalized spacial score (nSPS) is 10.4. The summed E-state index contributed by atoms with van der Waals surface area (Å²) in [6.07, 6.45) is 1.96. The summed E-state index contributed by atoms with van der Waals surface area (Å²) >= 11 is 3.45. The molecule has 0 aliphatic heterocycles. The molecular formula is C15H23BrN2O2. The number of aryl methyl sites for hydroxylation is 2. The Bertz CT molecular complexity index is 440. The number of carbonyl (C=O) groups excluding carboxylic acids is 1. The molecule has 112 valence electrons. The number of aliphatic hydroxyl groups excluding tert-OH is 1. The second-order valence-corrected chi connectivity index (χ2v) is 5.82. The number of hydrogen-bond donors (Lipinski definition) is 2. The smallest absolute Gasteiger partial charge is 0.321 e. The monoisotopic (exact) mass is 342 g/mol. The summed E-state index contributed by atoms with van der Waals surface area (Å²) in [5, 5.41) is 12.0. The van der Waals surface area contributed by atoms with Crippen LogP contribution in [0.15, 0.2) is 16.6 Å². The van der Waals surface area contributed by atoms with Crippen LogP contribution in [0.4, 0.5) is 10.5 Å². The molecule has 0 saturated carbocycles. The highest BCUT2D eigenvalue weighted by atomic mass is 79.9. The minimum Gasteiger partial charge on any atom is -0.395 e. The number of hydrogen-bond acceptors (Lipinski definition) is 2. The molecule has 0 heterocycles. The maximum absolute atomic E-state index is 12.3. The average Bonchev–Trinajstić information content (AvgIpc) is 2.38. The fraction of sp³-hybridized carbons (Fsp3) is 0.533. The molecule has 0 radical (unpaired) electrons. The van der Waals surface area contributed by atoms with Crippen LogP contribution < -0.4 is 5.32 Å². The maximum atomic E-state index is 12.3. The standard InChI is InChI=1S/C15H23BrN2O2/c1-4-5-6-18(7-8-19)15(20)17-14-11(2)9-13(16)10-12(14)3/h9-10,19H,4-8H2,1-3H3,(H,17,20). The topological polar surface area (TPSA) is 52.6 Å². The van der Waals surface area contributed by atoms with Crippen LogP contribution in [0.3, 0.4) is 0 Å². The highest BCUT2D eigenvalue weighted by Gasteiger charge is 2.14. The lowest BCUT2D eigenvalue weighted by atomic mass is 10.1. The first kappa shape index (κ1) is 17.0. The Morgan fingerprint density at radius 1 is 1.30 bits per heavy atom. The van der Waals surface area contributed by atoms with Gasteiger partial charge in [-0.25, -0.2) is 4.79 Å². The van der Waals surface area contributed by atoms with Crippen LogP contribution in [-0.2, 0) is 0 Å². The van der Waals surface area contributed by atoms with Crippen molar-refractivity contribution >= 4 is 27.6 Å². The molecule has 0 aromatic heterocycles. The number of benzene rings is 1. The van der Waals surface area contributed by atoms with Gasteiger partial charge in [-0.3, -0.25) is 0 Å². The number of amides is 2. The average molecular weight is 343 g/mol. The minimum atomic E-state index is -0.152. The minimum absolute atomic E-state index is 0.0184. The molecule has 1 rings (SSSR count). The molecule has 0 unspecified atom stereocenters. The third-order valence-corrected chi connectivity index (χ3v) is 3.63. The molecule has 0 atom stereocenters. The molecule has 20 heavy (non-hydrogen) atoms. The molecule has 0 aliphatic rings. The second-order valence-electron chi connectivity index (χ2n) is 4.91. The molecule has 5 heteroatoms. The predicted molar refractivity (Wildman–Crippen MR) is 86.2 cm³/mol. The number of nitrogens with one attached hydrogen (secondary N) is 1.